The molecule has 0 spiro atoms. The summed E-state index contributed by atoms with van der Waals surface area (Å²) < 4.78 is 0. The second kappa shape index (κ2) is 12.2. The Labute approximate surface area is 262 Å². The Hall–Kier alpha value is -3.98. The molecule has 3 aromatic rings. The first-order valence-electron chi connectivity index (χ1n) is 15.1. The van der Waals surface area contributed by atoms with Crippen LogP contribution in [0.25, 0.3) is 0 Å². The number of likely N-dealkylation sites (tertiary alicyclic amines) is 1. The van der Waals surface area contributed by atoms with Crippen molar-refractivity contribution in [1.29, 1.82) is 0 Å². The predicted molar refractivity (Wildman–Crippen MR) is 170 cm³/mol. The molecule has 0 bridgehead atoms. The van der Waals surface area contributed by atoms with Crippen LogP contribution in [-0.2, 0) is 33.0 Å². The summed E-state index contributed by atoms with van der Waals surface area (Å²) in [6, 6.07) is 20.4. The van der Waals surface area contributed by atoms with Crippen LogP contribution in [0.2, 0.25) is 5.02 Å². The molecule has 9 heteroatoms. The molecule has 0 radical (unpaired) electrons. The van der Waals surface area contributed by atoms with Crippen molar-refractivity contribution in [1.82, 2.24) is 4.90 Å². The number of aliphatic hydroxyl groups is 2. The number of anilines is 3. The quantitative estimate of drug-likeness (QED) is 0.338. The summed E-state index contributed by atoms with van der Waals surface area (Å²) in [5, 5.41) is 21.9. The second-order valence-electron chi connectivity index (χ2n) is 11.8. The number of para-hydroxylation sites is 1. The lowest BCUT2D eigenvalue weighted by atomic mass is 9.83. The van der Waals surface area contributed by atoms with Gasteiger partial charge in [0.05, 0.1) is 30.6 Å². The van der Waals surface area contributed by atoms with Crippen LogP contribution >= 0.6 is 11.6 Å². The summed E-state index contributed by atoms with van der Waals surface area (Å²) in [7, 11) is 0. The Bertz CT molecular complexity index is 1620. The highest BCUT2D eigenvalue weighted by atomic mass is 35.5. The van der Waals surface area contributed by atoms with E-state index in [1.54, 1.807) is 52.0 Å². The maximum atomic E-state index is 14.0. The summed E-state index contributed by atoms with van der Waals surface area (Å²) >= 11 is 6.33. The number of aliphatic hydroxyl groups excluding tert-OH is 1. The minimum Gasteiger partial charge on any atom is -0.394 e. The molecule has 8 nitrogen and oxygen atoms in total. The number of hydrogen-bond donors (Lipinski definition) is 2. The van der Waals surface area contributed by atoms with Gasteiger partial charge in [-0.2, -0.15) is 0 Å². The summed E-state index contributed by atoms with van der Waals surface area (Å²) in [6.45, 7) is 2.54. The minimum atomic E-state index is -1.87. The van der Waals surface area contributed by atoms with Gasteiger partial charge in [0, 0.05) is 41.6 Å². The fourth-order valence-corrected chi connectivity index (χ4v) is 6.88. The van der Waals surface area contributed by atoms with Gasteiger partial charge in [-0.1, -0.05) is 61.0 Å². The van der Waals surface area contributed by atoms with Gasteiger partial charge < -0.3 is 20.0 Å². The standard InChI is InChI=1S/C35H36ClN3O5/c1-23(6-4-10-32(41)37-19-5-8-28(37)22-40)35(44)29-20-26(36)14-17-31(29)38(34(35)43)21-24-11-15-27(16-12-24)39-30-9-3-2-7-25(30)13-18-33(39)42/h2-4,6-7,9,11-12,14-17,20,23,28,40,44H,5,8,10,13,18-19,21-22H2,1H3/b6-4+/t23-,28-,35+/m0/s1. The minimum absolute atomic E-state index is 0.0411. The van der Waals surface area contributed by atoms with Gasteiger partial charge in [-0.3, -0.25) is 19.3 Å². The second-order valence-corrected chi connectivity index (χ2v) is 12.3. The smallest absolute Gasteiger partial charge is 0.264 e. The zero-order valence-electron chi connectivity index (χ0n) is 24.7. The largest absolute Gasteiger partial charge is 0.394 e. The number of carbonyl (C=O) groups excluding carboxylic acids is 3. The number of aryl methyl sites for hydroxylation is 1. The van der Waals surface area contributed by atoms with Gasteiger partial charge in [-0.25, -0.2) is 0 Å². The zero-order chi connectivity index (χ0) is 31.0. The van der Waals surface area contributed by atoms with E-state index in [0.29, 0.717) is 29.2 Å². The highest BCUT2D eigenvalue weighted by Gasteiger charge is 2.52. The van der Waals surface area contributed by atoms with Crippen molar-refractivity contribution in [3.05, 3.63) is 101 Å². The summed E-state index contributed by atoms with van der Waals surface area (Å²) in [4.78, 5) is 44.6. The van der Waals surface area contributed by atoms with Crippen LogP contribution in [0.5, 0.6) is 0 Å². The molecule has 44 heavy (non-hydrogen) atoms. The lowest BCUT2D eigenvalue weighted by Crippen LogP contribution is -2.44. The Morgan fingerprint density at radius 1 is 1.07 bits per heavy atom. The van der Waals surface area contributed by atoms with E-state index >= 15 is 0 Å². The van der Waals surface area contributed by atoms with E-state index in [1.165, 1.54) is 0 Å². The van der Waals surface area contributed by atoms with E-state index < -0.39 is 17.4 Å². The number of carbonyl (C=O) groups is 3. The van der Waals surface area contributed by atoms with Crippen molar-refractivity contribution in [2.24, 2.45) is 5.92 Å². The van der Waals surface area contributed by atoms with Crippen LogP contribution in [0, 0.1) is 5.92 Å². The summed E-state index contributed by atoms with van der Waals surface area (Å²) in [5.41, 5.74) is 2.74. The molecular formula is C35H36ClN3O5. The molecule has 0 unspecified atom stereocenters. The molecule has 0 aliphatic carbocycles. The molecule has 0 saturated carbocycles. The van der Waals surface area contributed by atoms with Crippen molar-refractivity contribution in [3.63, 3.8) is 0 Å². The highest BCUT2D eigenvalue weighted by molar-refractivity contribution is 6.31. The van der Waals surface area contributed by atoms with Gasteiger partial charge in [0.25, 0.3) is 5.91 Å². The molecule has 3 aliphatic heterocycles. The topological polar surface area (TPSA) is 101 Å². The number of halogens is 1. The number of benzene rings is 3. The average molecular weight is 614 g/mol. The third-order valence-corrected chi connectivity index (χ3v) is 9.38. The molecule has 3 aromatic carbocycles. The molecule has 3 atom stereocenters. The highest BCUT2D eigenvalue weighted by Crippen LogP contribution is 2.47. The van der Waals surface area contributed by atoms with Crippen molar-refractivity contribution >= 4 is 46.4 Å². The summed E-state index contributed by atoms with van der Waals surface area (Å²) in [6.07, 6.45) is 6.34. The lowest BCUT2D eigenvalue weighted by molar-refractivity contribution is -0.139. The molecule has 1 fully saturated rings. The first-order chi connectivity index (χ1) is 21.2. The number of hydrogen-bond acceptors (Lipinski definition) is 5. The van der Waals surface area contributed by atoms with E-state index in [9.17, 15) is 24.6 Å². The number of rotatable bonds is 8. The van der Waals surface area contributed by atoms with Crippen molar-refractivity contribution in [3.8, 4) is 0 Å². The molecule has 3 amide bonds. The third-order valence-electron chi connectivity index (χ3n) is 9.14. The van der Waals surface area contributed by atoms with Crippen molar-refractivity contribution < 1.29 is 24.6 Å². The normalized spacial score (nSPS) is 22.1. The van der Waals surface area contributed by atoms with Gasteiger partial charge in [0.1, 0.15) is 0 Å². The molecular weight excluding hydrogens is 578 g/mol. The number of nitrogens with zero attached hydrogens (tertiary/aromatic N) is 3. The lowest BCUT2D eigenvalue weighted by Gasteiger charge is -2.30. The van der Waals surface area contributed by atoms with Crippen LogP contribution in [0.1, 0.15) is 49.3 Å². The predicted octanol–water partition coefficient (Wildman–Crippen LogP) is 5.25. The molecule has 1 saturated heterocycles. The average Bonchev–Trinajstić information content (AvgIpc) is 3.59. The monoisotopic (exact) mass is 613 g/mol. The Morgan fingerprint density at radius 3 is 2.61 bits per heavy atom. The first-order valence-corrected chi connectivity index (χ1v) is 15.5. The van der Waals surface area contributed by atoms with Crippen LogP contribution in [0.15, 0.2) is 78.9 Å². The van der Waals surface area contributed by atoms with E-state index in [0.717, 1.165) is 41.8 Å². The van der Waals surface area contributed by atoms with Gasteiger partial charge >= 0.3 is 0 Å². The van der Waals surface area contributed by atoms with Crippen molar-refractivity contribution in [2.75, 3.05) is 23.0 Å². The number of fused-ring (bicyclic) bond motifs is 2. The fourth-order valence-electron chi connectivity index (χ4n) is 6.70. The fraction of sp³-hybridized carbons (Fsp3) is 0.343. The van der Waals surface area contributed by atoms with Crippen LogP contribution in [0.3, 0.4) is 0 Å². The SMILES string of the molecule is C[C@@H](/C=C/CC(=O)N1CCC[C@H]1CO)[C@]1(O)C(=O)N(Cc2ccc(N3C(=O)CCc4ccccc43)cc2)c2ccc(Cl)cc21. The van der Waals surface area contributed by atoms with Crippen LogP contribution in [-0.4, -0.2) is 52.0 Å². The molecule has 228 valence electrons. The van der Waals surface area contributed by atoms with Gasteiger partial charge in [0.15, 0.2) is 5.60 Å². The first kappa shape index (κ1) is 30.1. The van der Waals surface area contributed by atoms with E-state index in [2.05, 4.69) is 0 Å². The van der Waals surface area contributed by atoms with Crippen LogP contribution in [0.4, 0.5) is 17.1 Å². The molecule has 3 heterocycles. The van der Waals surface area contributed by atoms with E-state index in [1.807, 2.05) is 48.5 Å². The Kier molecular flexibility index (Phi) is 8.33. The number of amides is 3. The zero-order valence-corrected chi connectivity index (χ0v) is 25.4. The van der Waals surface area contributed by atoms with Gasteiger partial charge in [-0.15, -0.1) is 0 Å². The maximum Gasteiger partial charge on any atom is 0.264 e. The van der Waals surface area contributed by atoms with Crippen molar-refractivity contribution in [2.45, 2.75) is 57.2 Å². The summed E-state index contributed by atoms with van der Waals surface area (Å²) in [5.74, 6) is -1.16. The third kappa shape index (κ3) is 5.31. The van der Waals surface area contributed by atoms with Gasteiger partial charge in [0.2, 0.25) is 11.8 Å². The van der Waals surface area contributed by atoms with Gasteiger partial charge in [-0.05, 0) is 66.8 Å². The molecule has 0 aromatic heterocycles. The molecule has 2 N–H and O–H groups in total. The van der Waals surface area contributed by atoms with E-state index in [-0.39, 0.29) is 37.4 Å². The van der Waals surface area contributed by atoms with E-state index in [4.69, 9.17) is 11.6 Å². The Balaban J connectivity index is 1.21. The maximum absolute atomic E-state index is 14.0. The molecule has 3 aliphatic rings. The Morgan fingerprint density at radius 2 is 1.84 bits per heavy atom. The van der Waals surface area contributed by atoms with Crippen LogP contribution < -0.4 is 9.80 Å². The molecule has 6 rings (SSSR count).